The van der Waals surface area contributed by atoms with Crippen LogP contribution in [0.5, 0.6) is 0 Å². The summed E-state index contributed by atoms with van der Waals surface area (Å²) in [5, 5.41) is 86.6. The summed E-state index contributed by atoms with van der Waals surface area (Å²) in [6, 6.07) is -0.948. The topological polar surface area (TPSA) is 228 Å². The van der Waals surface area contributed by atoms with E-state index < -0.39 is 86.8 Å². The van der Waals surface area contributed by atoms with Crippen molar-refractivity contribution < 1.29 is 64.6 Å². The molecule has 2 fully saturated rings. The van der Waals surface area contributed by atoms with Crippen LogP contribution in [0, 0.1) is 0 Å². The Morgan fingerprint density at radius 3 is 1.39 bits per heavy atom. The van der Waals surface area contributed by atoms with Gasteiger partial charge in [-0.25, -0.2) is 0 Å². The quantitative estimate of drug-likeness (QED) is 0.0205. The molecule has 79 heavy (non-hydrogen) atoms. The normalized spacial score (nSPS) is 25.5. The van der Waals surface area contributed by atoms with Gasteiger partial charge in [-0.15, -0.1) is 0 Å². The van der Waals surface area contributed by atoms with Crippen molar-refractivity contribution in [2.45, 2.75) is 235 Å². The summed E-state index contributed by atoms with van der Waals surface area (Å²) >= 11 is 0. The number of ether oxygens (including phenoxy) is 4. The highest BCUT2D eigenvalue weighted by atomic mass is 16.7. The average Bonchev–Trinajstić information content (AvgIpc) is 3.47. The van der Waals surface area contributed by atoms with E-state index in [4.69, 9.17) is 18.9 Å². The van der Waals surface area contributed by atoms with Crippen molar-refractivity contribution in [3.05, 3.63) is 146 Å². The SMILES string of the molecule is CC/C=C\C/C=C\C/C=C\C/C=C\C/C=C\C/C=C\C/C=C\C/C=C\C/C=C\C/C=C\CCCCCCCCC(=O)NC(COC1OC(CO)C(OC2OC(CO)C(O)C(O)C2O)C(O)C1O)C(O)/C=C/CC/C=C/CCCC. The van der Waals surface area contributed by atoms with Gasteiger partial charge in [-0.2, -0.15) is 0 Å². The molecule has 0 bridgehead atoms. The van der Waals surface area contributed by atoms with Gasteiger partial charge in [-0.05, 0) is 103 Å². The maximum Gasteiger partial charge on any atom is 0.220 e. The predicted octanol–water partition coefficient (Wildman–Crippen LogP) is 10.2. The van der Waals surface area contributed by atoms with E-state index in [0.717, 1.165) is 128 Å². The van der Waals surface area contributed by atoms with Gasteiger partial charge in [0.2, 0.25) is 5.91 Å². The zero-order chi connectivity index (χ0) is 57.4. The molecule has 14 nitrogen and oxygen atoms in total. The Labute approximate surface area is 474 Å². The van der Waals surface area contributed by atoms with Crippen LogP contribution in [0.4, 0.5) is 0 Å². The molecule has 0 aromatic heterocycles. The number of amides is 1. The molecule has 0 aromatic rings. The number of aliphatic hydroxyl groups excluding tert-OH is 8. The summed E-state index contributed by atoms with van der Waals surface area (Å²) in [4.78, 5) is 13.2. The van der Waals surface area contributed by atoms with Gasteiger partial charge in [0.05, 0.1) is 32.0 Å². The molecular weight excluding hydrogens is 1000 g/mol. The lowest BCUT2D eigenvalue weighted by Gasteiger charge is -2.46. The molecule has 12 atom stereocenters. The third-order valence-electron chi connectivity index (χ3n) is 13.3. The fourth-order valence-electron chi connectivity index (χ4n) is 8.49. The van der Waals surface area contributed by atoms with E-state index in [9.17, 15) is 45.6 Å². The Morgan fingerprint density at radius 2 is 0.886 bits per heavy atom. The maximum atomic E-state index is 13.2. The number of unbranched alkanes of at least 4 members (excludes halogenated alkanes) is 9. The largest absolute Gasteiger partial charge is 0.394 e. The fraction of sp³-hybridized carbons (Fsp3) is 0.615. The lowest BCUT2D eigenvalue weighted by molar-refractivity contribution is -0.359. The van der Waals surface area contributed by atoms with Gasteiger partial charge in [-0.3, -0.25) is 4.79 Å². The van der Waals surface area contributed by atoms with Crippen LogP contribution in [0.2, 0.25) is 0 Å². The molecule has 0 aliphatic carbocycles. The summed E-state index contributed by atoms with van der Waals surface area (Å²) in [5.74, 6) is -0.276. The second kappa shape index (κ2) is 48.6. The van der Waals surface area contributed by atoms with Gasteiger partial charge < -0.3 is 65.1 Å². The zero-order valence-corrected chi connectivity index (χ0v) is 47.8. The average molecular weight is 1110 g/mol. The van der Waals surface area contributed by atoms with E-state index in [2.05, 4.69) is 153 Å². The monoisotopic (exact) mass is 1110 g/mol. The van der Waals surface area contributed by atoms with E-state index >= 15 is 0 Å². The minimum absolute atomic E-state index is 0.245. The van der Waals surface area contributed by atoms with Crippen molar-refractivity contribution in [2.24, 2.45) is 0 Å². The van der Waals surface area contributed by atoms with Crippen LogP contribution in [0.25, 0.3) is 0 Å². The second-order valence-electron chi connectivity index (χ2n) is 20.0. The smallest absolute Gasteiger partial charge is 0.220 e. The van der Waals surface area contributed by atoms with Crippen LogP contribution in [-0.4, -0.2) is 140 Å². The zero-order valence-electron chi connectivity index (χ0n) is 47.8. The Balaban J connectivity index is 1.63. The van der Waals surface area contributed by atoms with Crippen molar-refractivity contribution in [2.75, 3.05) is 19.8 Å². The first-order valence-electron chi connectivity index (χ1n) is 29.6. The first-order chi connectivity index (χ1) is 38.6. The highest BCUT2D eigenvalue weighted by Crippen LogP contribution is 2.30. The first-order valence-corrected chi connectivity index (χ1v) is 29.6. The predicted molar refractivity (Wildman–Crippen MR) is 318 cm³/mol. The Hall–Kier alpha value is -4.13. The number of rotatable bonds is 44. The van der Waals surface area contributed by atoms with Crippen LogP contribution < -0.4 is 5.32 Å². The molecule has 2 rings (SSSR count). The lowest BCUT2D eigenvalue weighted by atomic mass is 9.97. The number of hydrogen-bond donors (Lipinski definition) is 9. The molecule has 0 radical (unpaired) electrons. The molecule has 12 unspecified atom stereocenters. The first kappa shape index (κ1) is 71.0. The Morgan fingerprint density at radius 1 is 0.468 bits per heavy atom. The van der Waals surface area contributed by atoms with Crippen LogP contribution in [0.3, 0.4) is 0 Å². The Bertz CT molecular complexity index is 1880. The van der Waals surface area contributed by atoms with Crippen LogP contribution in [0.15, 0.2) is 146 Å². The highest BCUT2D eigenvalue weighted by molar-refractivity contribution is 5.76. The summed E-state index contributed by atoms with van der Waals surface area (Å²) in [7, 11) is 0. The molecule has 1 amide bonds. The molecule has 2 heterocycles. The minimum Gasteiger partial charge on any atom is -0.394 e. The standard InChI is InChI=1S/C65H103NO13/c1-3-5-7-9-11-13-14-15-16-17-18-19-20-21-22-23-24-25-26-27-28-29-30-31-32-33-34-35-36-37-38-39-40-41-43-45-47-49-57(70)66-53(54(69)48-46-44-42-12-10-8-6-4-2)52-76-64-62(75)60(73)63(56(51-68)78-64)79-65-61(74)59(72)58(71)55(50-67)77-65/h5,7,10-13,15-16,18-19,21-22,24-25,27-28,30-31,33-34,36-37,46,48,53-56,58-65,67-69,71-75H,3-4,6,8-9,14,17,20,23,26,29,32,35,38-45,47,49-52H2,1-2H3,(H,66,70)/b7-5-,12-10+,13-11-,16-15-,19-18-,22-21-,25-24-,28-27-,31-30-,34-33-,37-36-,48-46+. The molecule has 0 saturated carbocycles. The summed E-state index contributed by atoms with van der Waals surface area (Å²) in [6.45, 7) is 2.53. The summed E-state index contributed by atoms with van der Waals surface area (Å²) in [6.07, 6.45) is 56.5. The van der Waals surface area contributed by atoms with Gasteiger partial charge in [0.1, 0.15) is 48.8 Å². The van der Waals surface area contributed by atoms with Crippen LogP contribution in [-0.2, 0) is 23.7 Å². The molecule has 2 aliphatic rings. The number of carbonyl (C=O) groups is 1. The van der Waals surface area contributed by atoms with E-state index in [-0.39, 0.29) is 18.9 Å². The van der Waals surface area contributed by atoms with Gasteiger partial charge in [0.15, 0.2) is 12.6 Å². The third kappa shape index (κ3) is 34.0. The molecule has 0 spiro atoms. The van der Waals surface area contributed by atoms with Gasteiger partial charge in [0, 0.05) is 6.42 Å². The molecule has 2 aliphatic heterocycles. The maximum absolute atomic E-state index is 13.2. The van der Waals surface area contributed by atoms with Gasteiger partial charge in [-0.1, -0.05) is 198 Å². The number of aliphatic hydroxyl groups is 8. The van der Waals surface area contributed by atoms with Crippen molar-refractivity contribution >= 4 is 5.91 Å². The van der Waals surface area contributed by atoms with E-state index in [1.807, 2.05) is 6.08 Å². The minimum atomic E-state index is -1.80. The Kier molecular flexibility index (Phi) is 43.6. The molecule has 2 saturated heterocycles. The number of nitrogens with one attached hydrogen (secondary N) is 1. The van der Waals surface area contributed by atoms with E-state index in [1.54, 1.807) is 6.08 Å². The van der Waals surface area contributed by atoms with E-state index in [0.29, 0.717) is 12.8 Å². The number of hydrogen-bond acceptors (Lipinski definition) is 13. The number of allylic oxidation sites excluding steroid dienone is 23. The molecule has 446 valence electrons. The van der Waals surface area contributed by atoms with Crippen molar-refractivity contribution in [1.82, 2.24) is 5.32 Å². The third-order valence-corrected chi connectivity index (χ3v) is 13.3. The lowest BCUT2D eigenvalue weighted by Crippen LogP contribution is -2.65. The van der Waals surface area contributed by atoms with Crippen molar-refractivity contribution in [1.29, 1.82) is 0 Å². The van der Waals surface area contributed by atoms with Gasteiger partial charge in [0.25, 0.3) is 0 Å². The summed E-state index contributed by atoms with van der Waals surface area (Å²) in [5.41, 5.74) is 0. The van der Waals surface area contributed by atoms with Gasteiger partial charge >= 0.3 is 0 Å². The van der Waals surface area contributed by atoms with Crippen LogP contribution >= 0.6 is 0 Å². The van der Waals surface area contributed by atoms with Crippen LogP contribution in [0.1, 0.15) is 162 Å². The molecule has 0 aromatic carbocycles. The second-order valence-corrected chi connectivity index (χ2v) is 20.0. The molecular formula is C65H103NO13. The highest BCUT2D eigenvalue weighted by Gasteiger charge is 2.51. The fourth-order valence-corrected chi connectivity index (χ4v) is 8.49. The van der Waals surface area contributed by atoms with Crippen molar-refractivity contribution in [3.8, 4) is 0 Å². The van der Waals surface area contributed by atoms with E-state index in [1.165, 1.54) is 0 Å². The number of carbonyl (C=O) groups excluding carboxylic acids is 1. The molecule has 9 N–H and O–H groups in total. The van der Waals surface area contributed by atoms with Crippen molar-refractivity contribution in [3.63, 3.8) is 0 Å². The molecule has 14 heteroatoms. The summed E-state index contributed by atoms with van der Waals surface area (Å²) < 4.78 is 22.6.